The molecule has 4 saturated carbocycles. The van der Waals surface area contributed by atoms with E-state index in [1.807, 2.05) is 30.3 Å². The summed E-state index contributed by atoms with van der Waals surface area (Å²) in [6.07, 6.45) is 10.9. The van der Waals surface area contributed by atoms with Gasteiger partial charge < -0.3 is 10.3 Å². The molecule has 31 heavy (non-hydrogen) atoms. The number of hydrogen-bond donors (Lipinski definition) is 2. The van der Waals surface area contributed by atoms with Gasteiger partial charge in [0.2, 0.25) is 5.91 Å². The van der Waals surface area contributed by atoms with E-state index < -0.39 is 0 Å². The highest BCUT2D eigenvalue weighted by Gasteiger charge is 2.51. The van der Waals surface area contributed by atoms with Crippen LogP contribution in [0.1, 0.15) is 56.3 Å². The monoisotopic (exact) mass is 434 g/mol. The molecule has 1 amide bonds. The topological polar surface area (TPSA) is 70.7 Å². The molecule has 4 aliphatic rings. The molecule has 2 N–H and O–H groups in total. The summed E-state index contributed by atoms with van der Waals surface area (Å²) < 4.78 is 0. The first-order chi connectivity index (χ1) is 15.0. The molecule has 4 aliphatic carbocycles. The molecular formula is C25H27ClN4O. The second-order valence-electron chi connectivity index (χ2n) is 10.2. The third-order valence-corrected chi connectivity index (χ3v) is 8.05. The van der Waals surface area contributed by atoms with Gasteiger partial charge in [0.05, 0.1) is 11.0 Å². The van der Waals surface area contributed by atoms with E-state index in [0.717, 1.165) is 45.9 Å². The Morgan fingerprint density at radius 1 is 1.13 bits per heavy atom. The van der Waals surface area contributed by atoms with Gasteiger partial charge in [-0.25, -0.2) is 9.97 Å². The van der Waals surface area contributed by atoms with Crippen LogP contribution in [0.4, 0.5) is 5.69 Å². The number of carbonyl (C=O) groups excluding carboxylic acids is 1. The molecule has 2 heterocycles. The van der Waals surface area contributed by atoms with Crippen LogP contribution in [-0.2, 0) is 11.2 Å². The van der Waals surface area contributed by atoms with Crippen molar-refractivity contribution in [1.82, 2.24) is 15.0 Å². The van der Waals surface area contributed by atoms with E-state index in [2.05, 4.69) is 15.3 Å². The molecule has 0 atom stereocenters. The Morgan fingerprint density at radius 3 is 2.58 bits per heavy atom. The van der Waals surface area contributed by atoms with Gasteiger partial charge in [-0.15, -0.1) is 0 Å². The molecular weight excluding hydrogens is 408 g/mol. The number of benzene rings is 1. The predicted molar refractivity (Wildman–Crippen MR) is 122 cm³/mol. The van der Waals surface area contributed by atoms with Crippen molar-refractivity contribution in [2.75, 3.05) is 5.32 Å². The number of fused-ring (bicyclic) bond motifs is 1. The molecule has 4 fully saturated rings. The number of anilines is 1. The van der Waals surface area contributed by atoms with Crippen molar-refractivity contribution in [2.24, 2.45) is 23.2 Å². The minimum absolute atomic E-state index is 0.152. The molecule has 7 rings (SSSR count). The number of hydrogen-bond acceptors (Lipinski definition) is 3. The van der Waals surface area contributed by atoms with Crippen LogP contribution in [0.5, 0.6) is 0 Å². The number of rotatable bonds is 5. The van der Waals surface area contributed by atoms with E-state index in [4.69, 9.17) is 16.6 Å². The quantitative estimate of drug-likeness (QED) is 0.502. The molecule has 3 aromatic rings. The maximum absolute atomic E-state index is 13.0. The summed E-state index contributed by atoms with van der Waals surface area (Å²) >= 11 is 6.18. The summed E-state index contributed by atoms with van der Waals surface area (Å²) in [4.78, 5) is 25.1. The Balaban J connectivity index is 1.16. The van der Waals surface area contributed by atoms with Gasteiger partial charge in [-0.3, -0.25) is 4.79 Å². The zero-order valence-electron chi connectivity index (χ0n) is 17.5. The normalized spacial score (nSPS) is 28.9. The van der Waals surface area contributed by atoms with Gasteiger partial charge in [0.15, 0.2) is 0 Å². The number of amides is 1. The van der Waals surface area contributed by atoms with Crippen molar-refractivity contribution in [2.45, 2.75) is 51.4 Å². The summed E-state index contributed by atoms with van der Waals surface area (Å²) in [7, 11) is 0. The van der Waals surface area contributed by atoms with Crippen LogP contribution >= 0.6 is 11.6 Å². The highest BCUT2D eigenvalue weighted by atomic mass is 35.5. The fraction of sp³-hybridized carbons (Fsp3) is 0.480. The first-order valence-corrected chi connectivity index (χ1v) is 11.8. The Kier molecular flexibility index (Phi) is 4.57. The SMILES string of the molecule is O=C(CC12CC3CC(CC(C3)C1)C2)Nc1ccc2[nH]c(Cc3cccnc3Cl)nc2c1. The summed E-state index contributed by atoms with van der Waals surface area (Å²) in [5.41, 5.74) is 3.81. The van der Waals surface area contributed by atoms with Crippen molar-refractivity contribution in [1.29, 1.82) is 0 Å². The molecule has 160 valence electrons. The lowest BCUT2D eigenvalue weighted by atomic mass is 9.49. The van der Waals surface area contributed by atoms with E-state index in [-0.39, 0.29) is 11.3 Å². The van der Waals surface area contributed by atoms with E-state index in [9.17, 15) is 4.79 Å². The molecule has 2 aromatic heterocycles. The van der Waals surface area contributed by atoms with Crippen LogP contribution in [0.2, 0.25) is 5.15 Å². The number of aromatic amines is 1. The number of pyridine rings is 1. The maximum atomic E-state index is 13.0. The number of imidazole rings is 1. The molecule has 4 bridgehead atoms. The minimum atomic E-state index is 0.152. The third kappa shape index (κ3) is 3.73. The molecule has 1 aromatic carbocycles. The number of nitrogens with one attached hydrogen (secondary N) is 2. The second kappa shape index (κ2) is 7.33. The molecule has 0 aliphatic heterocycles. The smallest absolute Gasteiger partial charge is 0.224 e. The largest absolute Gasteiger partial charge is 0.342 e. The Bertz CT molecular complexity index is 1120. The van der Waals surface area contributed by atoms with Gasteiger partial charge in [-0.1, -0.05) is 17.7 Å². The first kappa shape index (κ1) is 19.3. The fourth-order valence-corrected chi connectivity index (χ4v) is 7.19. The number of halogens is 1. The fourth-order valence-electron chi connectivity index (χ4n) is 7.00. The summed E-state index contributed by atoms with van der Waals surface area (Å²) in [5.74, 6) is 3.59. The van der Waals surface area contributed by atoms with Gasteiger partial charge in [0.1, 0.15) is 11.0 Å². The molecule has 0 radical (unpaired) electrons. The summed E-state index contributed by atoms with van der Waals surface area (Å²) in [6.45, 7) is 0. The first-order valence-electron chi connectivity index (χ1n) is 11.4. The molecule has 6 heteroatoms. The van der Waals surface area contributed by atoms with E-state index >= 15 is 0 Å². The van der Waals surface area contributed by atoms with Crippen LogP contribution in [-0.4, -0.2) is 20.9 Å². The third-order valence-electron chi connectivity index (χ3n) is 7.71. The Morgan fingerprint density at radius 2 is 1.87 bits per heavy atom. The van der Waals surface area contributed by atoms with Crippen molar-refractivity contribution in [3.8, 4) is 0 Å². The van der Waals surface area contributed by atoms with Crippen LogP contribution < -0.4 is 5.32 Å². The Labute approximate surface area is 187 Å². The number of nitrogens with zero attached hydrogens (tertiary/aromatic N) is 2. The number of aromatic nitrogens is 3. The minimum Gasteiger partial charge on any atom is -0.342 e. The van der Waals surface area contributed by atoms with Crippen LogP contribution in [0.3, 0.4) is 0 Å². The lowest BCUT2D eigenvalue weighted by Gasteiger charge is -2.56. The van der Waals surface area contributed by atoms with Crippen LogP contribution in [0.15, 0.2) is 36.5 Å². The lowest BCUT2D eigenvalue weighted by molar-refractivity contribution is -0.124. The predicted octanol–water partition coefficient (Wildman–Crippen LogP) is 5.75. The average molecular weight is 435 g/mol. The van der Waals surface area contributed by atoms with Crippen LogP contribution in [0, 0.1) is 23.2 Å². The molecule has 0 unspecified atom stereocenters. The zero-order chi connectivity index (χ0) is 21.0. The van der Waals surface area contributed by atoms with Crippen LogP contribution in [0.25, 0.3) is 11.0 Å². The highest BCUT2D eigenvalue weighted by molar-refractivity contribution is 6.30. The van der Waals surface area contributed by atoms with Crippen molar-refractivity contribution in [3.63, 3.8) is 0 Å². The van der Waals surface area contributed by atoms with E-state index in [1.165, 1.54) is 38.5 Å². The maximum Gasteiger partial charge on any atom is 0.224 e. The van der Waals surface area contributed by atoms with Crippen molar-refractivity contribution < 1.29 is 4.79 Å². The van der Waals surface area contributed by atoms with Gasteiger partial charge in [0, 0.05) is 24.7 Å². The highest BCUT2D eigenvalue weighted by Crippen LogP contribution is 2.61. The zero-order valence-corrected chi connectivity index (χ0v) is 18.3. The van der Waals surface area contributed by atoms with Gasteiger partial charge >= 0.3 is 0 Å². The second-order valence-corrected chi connectivity index (χ2v) is 10.5. The van der Waals surface area contributed by atoms with E-state index in [1.54, 1.807) is 6.20 Å². The van der Waals surface area contributed by atoms with Gasteiger partial charge in [-0.05, 0) is 91.5 Å². The summed E-state index contributed by atoms with van der Waals surface area (Å²) in [5, 5.41) is 3.65. The standard InChI is InChI=1S/C25H27ClN4O/c26-24-18(2-1-5-27-24)9-22-29-20-4-3-19(10-21(20)30-22)28-23(31)14-25-11-15-6-16(12-25)8-17(7-15)13-25/h1-5,10,15-17H,6-9,11-14H2,(H,28,31)(H,29,30). The van der Waals surface area contributed by atoms with Gasteiger partial charge in [-0.2, -0.15) is 0 Å². The molecule has 0 spiro atoms. The summed E-state index contributed by atoms with van der Waals surface area (Å²) in [6, 6.07) is 9.73. The molecule has 5 nitrogen and oxygen atoms in total. The average Bonchev–Trinajstić information content (AvgIpc) is 3.10. The molecule has 0 saturated heterocycles. The number of carbonyl (C=O) groups is 1. The van der Waals surface area contributed by atoms with Crippen molar-refractivity contribution >= 4 is 34.2 Å². The van der Waals surface area contributed by atoms with Crippen molar-refractivity contribution in [3.05, 3.63) is 53.1 Å². The Hall–Kier alpha value is -2.40. The lowest BCUT2D eigenvalue weighted by Crippen LogP contribution is -2.47. The van der Waals surface area contributed by atoms with E-state index in [0.29, 0.717) is 18.0 Å². The number of H-pyrrole nitrogens is 1. The van der Waals surface area contributed by atoms with Gasteiger partial charge in [0.25, 0.3) is 0 Å².